The van der Waals surface area contributed by atoms with Crippen LogP contribution in [-0.4, -0.2) is 48.9 Å². The first-order chi connectivity index (χ1) is 13.5. The number of nitrogens with zero attached hydrogens (tertiary/aromatic N) is 2. The lowest BCUT2D eigenvalue weighted by atomic mass is 9.84. The highest BCUT2D eigenvalue weighted by Crippen LogP contribution is 2.35. The van der Waals surface area contributed by atoms with Gasteiger partial charge < -0.3 is 5.11 Å². The highest BCUT2D eigenvalue weighted by molar-refractivity contribution is 7.89. The normalized spacial score (nSPS) is 16.9. The molecule has 0 bridgehead atoms. The van der Waals surface area contributed by atoms with Crippen LogP contribution in [0.3, 0.4) is 0 Å². The van der Waals surface area contributed by atoms with Gasteiger partial charge in [0.1, 0.15) is 5.75 Å². The van der Waals surface area contributed by atoms with E-state index in [1.54, 1.807) is 16.4 Å². The van der Waals surface area contributed by atoms with Crippen molar-refractivity contribution in [2.45, 2.75) is 51.5 Å². The van der Waals surface area contributed by atoms with E-state index < -0.39 is 10.0 Å². The molecule has 1 aliphatic heterocycles. The highest BCUT2D eigenvalue weighted by Gasteiger charge is 2.29. The molecule has 1 N–H and O–H groups in total. The van der Waals surface area contributed by atoms with Gasteiger partial charge in [0.05, 0.1) is 4.90 Å². The first kappa shape index (κ1) is 21.8. The summed E-state index contributed by atoms with van der Waals surface area (Å²) in [5, 5.41) is 10.8. The summed E-state index contributed by atoms with van der Waals surface area (Å²) in [4.78, 5) is 2.56. The monoisotopic (exact) mass is 416 g/mol. The third-order valence-electron chi connectivity index (χ3n) is 5.53. The Labute approximate surface area is 175 Å². The molecule has 0 saturated carbocycles. The van der Waals surface area contributed by atoms with Crippen LogP contribution in [-0.2, 0) is 22.0 Å². The summed E-state index contributed by atoms with van der Waals surface area (Å²) in [7, 11) is -3.46. The van der Waals surface area contributed by atoms with E-state index in [0.717, 1.165) is 22.3 Å². The predicted octanol–water partition coefficient (Wildman–Crippen LogP) is 3.81. The number of rotatable bonds is 4. The number of phenols is 1. The van der Waals surface area contributed by atoms with Crippen molar-refractivity contribution in [2.75, 3.05) is 26.2 Å². The molecule has 29 heavy (non-hydrogen) atoms. The van der Waals surface area contributed by atoms with Gasteiger partial charge in [0.2, 0.25) is 10.0 Å². The minimum atomic E-state index is -3.46. The van der Waals surface area contributed by atoms with Crippen LogP contribution >= 0.6 is 0 Å². The molecule has 0 unspecified atom stereocenters. The number of aromatic hydroxyl groups is 1. The smallest absolute Gasteiger partial charge is 0.243 e. The van der Waals surface area contributed by atoms with E-state index in [-0.39, 0.29) is 5.41 Å². The summed E-state index contributed by atoms with van der Waals surface area (Å²) < 4.78 is 27.3. The fraction of sp³-hybridized carbons (Fsp3) is 0.478. The Balaban J connectivity index is 1.71. The molecule has 0 aliphatic carbocycles. The van der Waals surface area contributed by atoms with E-state index in [1.165, 1.54) is 0 Å². The molecule has 1 fully saturated rings. The molecule has 5 nitrogen and oxygen atoms in total. The van der Waals surface area contributed by atoms with E-state index in [2.05, 4.69) is 25.7 Å². The van der Waals surface area contributed by atoms with Gasteiger partial charge in [0.15, 0.2) is 0 Å². The second-order valence-electron chi connectivity index (χ2n) is 9.06. The average Bonchev–Trinajstić information content (AvgIpc) is 2.64. The lowest BCUT2D eigenvalue weighted by Crippen LogP contribution is -2.48. The Morgan fingerprint density at radius 1 is 0.931 bits per heavy atom. The van der Waals surface area contributed by atoms with Crippen molar-refractivity contribution in [3.05, 3.63) is 58.7 Å². The molecule has 0 atom stereocenters. The lowest BCUT2D eigenvalue weighted by Gasteiger charge is -2.34. The van der Waals surface area contributed by atoms with Gasteiger partial charge >= 0.3 is 0 Å². The molecule has 0 spiro atoms. The van der Waals surface area contributed by atoms with Gasteiger partial charge in [-0.15, -0.1) is 0 Å². The average molecular weight is 417 g/mol. The van der Waals surface area contributed by atoms with E-state index in [1.807, 2.05) is 38.1 Å². The molecule has 0 amide bonds. The van der Waals surface area contributed by atoms with Crippen LogP contribution in [0.1, 0.15) is 43.0 Å². The maximum atomic E-state index is 12.9. The summed E-state index contributed by atoms with van der Waals surface area (Å²) in [6.07, 6.45) is 0. The van der Waals surface area contributed by atoms with Crippen LogP contribution in [0, 0.1) is 13.8 Å². The highest BCUT2D eigenvalue weighted by atomic mass is 32.2. The molecule has 2 aromatic carbocycles. The minimum absolute atomic E-state index is 0.133. The maximum absolute atomic E-state index is 12.9. The largest absolute Gasteiger partial charge is 0.507 e. The van der Waals surface area contributed by atoms with Crippen molar-refractivity contribution in [3.8, 4) is 5.75 Å². The van der Waals surface area contributed by atoms with Crippen molar-refractivity contribution < 1.29 is 13.5 Å². The van der Waals surface area contributed by atoms with Gasteiger partial charge in [-0.1, -0.05) is 56.2 Å². The van der Waals surface area contributed by atoms with E-state index in [9.17, 15) is 13.5 Å². The van der Waals surface area contributed by atoms with Crippen molar-refractivity contribution in [3.63, 3.8) is 0 Å². The molecule has 3 rings (SSSR count). The van der Waals surface area contributed by atoms with E-state index in [0.29, 0.717) is 43.4 Å². The number of phenolic OH excluding ortho intramolecular Hbond substituents is 1. The SMILES string of the molecule is Cc1ccc(S(=O)(=O)N2CCN(Cc3cc(C)cc(C(C)(C)C)c3O)CC2)cc1. The summed E-state index contributed by atoms with van der Waals surface area (Å²) in [6.45, 7) is 13.1. The van der Waals surface area contributed by atoms with Gasteiger partial charge in [0, 0.05) is 38.3 Å². The van der Waals surface area contributed by atoms with Gasteiger partial charge in [-0.25, -0.2) is 8.42 Å². The predicted molar refractivity (Wildman–Crippen MR) is 117 cm³/mol. The number of hydrogen-bond donors (Lipinski definition) is 1. The first-order valence-electron chi connectivity index (χ1n) is 10.1. The summed E-state index contributed by atoms with van der Waals surface area (Å²) >= 11 is 0. The minimum Gasteiger partial charge on any atom is -0.507 e. The topological polar surface area (TPSA) is 60.9 Å². The fourth-order valence-corrected chi connectivity index (χ4v) is 5.20. The van der Waals surface area contributed by atoms with Gasteiger partial charge in [-0.2, -0.15) is 4.31 Å². The van der Waals surface area contributed by atoms with E-state index in [4.69, 9.17) is 0 Å². The summed E-state index contributed by atoms with van der Waals surface area (Å²) in [6, 6.07) is 11.1. The van der Waals surface area contributed by atoms with Crippen LogP contribution in [0.5, 0.6) is 5.75 Å². The lowest BCUT2D eigenvalue weighted by molar-refractivity contribution is 0.180. The van der Waals surface area contributed by atoms with Crippen molar-refractivity contribution in [2.24, 2.45) is 0 Å². The van der Waals surface area contributed by atoms with E-state index >= 15 is 0 Å². The van der Waals surface area contributed by atoms with Crippen LogP contribution < -0.4 is 0 Å². The zero-order valence-corrected chi connectivity index (χ0v) is 18.9. The number of hydrogen-bond acceptors (Lipinski definition) is 4. The molecule has 0 aromatic heterocycles. The zero-order valence-electron chi connectivity index (χ0n) is 18.1. The van der Waals surface area contributed by atoms with Gasteiger partial charge in [-0.3, -0.25) is 4.90 Å². The number of aryl methyl sites for hydroxylation is 2. The van der Waals surface area contributed by atoms with Gasteiger partial charge in [-0.05, 0) is 37.0 Å². The molecule has 2 aromatic rings. The third-order valence-corrected chi connectivity index (χ3v) is 7.44. The quantitative estimate of drug-likeness (QED) is 0.823. The number of piperazine rings is 1. The molecule has 6 heteroatoms. The number of sulfonamides is 1. The van der Waals surface area contributed by atoms with Crippen LogP contribution in [0.4, 0.5) is 0 Å². The first-order valence-corrected chi connectivity index (χ1v) is 11.5. The second kappa shape index (κ2) is 8.09. The fourth-order valence-electron chi connectivity index (χ4n) is 3.77. The molecular weight excluding hydrogens is 384 g/mol. The van der Waals surface area contributed by atoms with Crippen molar-refractivity contribution >= 4 is 10.0 Å². The molecule has 158 valence electrons. The Hall–Kier alpha value is -1.89. The standard InChI is InChI=1S/C23H32N2O3S/c1-17-6-8-20(9-7-17)29(27,28)25-12-10-24(11-13-25)16-19-14-18(2)15-21(22(19)26)23(3,4)5/h6-9,14-15,26H,10-13,16H2,1-5H3. The molecule has 1 heterocycles. The van der Waals surface area contributed by atoms with Crippen LogP contribution in [0.25, 0.3) is 0 Å². The molecule has 1 aliphatic rings. The Morgan fingerprint density at radius 3 is 2.07 bits per heavy atom. The molecular formula is C23H32N2O3S. The van der Waals surface area contributed by atoms with Crippen LogP contribution in [0.15, 0.2) is 41.3 Å². The third kappa shape index (κ3) is 4.82. The molecule has 0 radical (unpaired) electrons. The summed E-state index contributed by atoms with van der Waals surface area (Å²) in [5.74, 6) is 0.359. The Morgan fingerprint density at radius 2 is 1.52 bits per heavy atom. The Bertz CT molecular complexity index is 968. The van der Waals surface area contributed by atoms with Crippen LogP contribution in [0.2, 0.25) is 0 Å². The number of benzene rings is 2. The maximum Gasteiger partial charge on any atom is 0.243 e. The van der Waals surface area contributed by atoms with Crippen molar-refractivity contribution in [1.82, 2.24) is 9.21 Å². The second-order valence-corrected chi connectivity index (χ2v) is 11.0. The zero-order chi connectivity index (χ0) is 21.4. The van der Waals surface area contributed by atoms with Gasteiger partial charge in [0.25, 0.3) is 0 Å². The van der Waals surface area contributed by atoms with Crippen molar-refractivity contribution in [1.29, 1.82) is 0 Å². The molecule has 1 saturated heterocycles. The Kier molecular flexibility index (Phi) is 6.08. The summed E-state index contributed by atoms with van der Waals surface area (Å²) in [5.41, 5.74) is 3.90.